The Labute approximate surface area is 182 Å². The summed E-state index contributed by atoms with van der Waals surface area (Å²) in [6.45, 7) is 11.3. The van der Waals surface area contributed by atoms with E-state index in [1.807, 2.05) is 18.4 Å². The third-order valence-electron chi connectivity index (χ3n) is 6.93. The lowest BCUT2D eigenvalue weighted by molar-refractivity contribution is 0.0899. The van der Waals surface area contributed by atoms with Gasteiger partial charge in [-0.1, -0.05) is 39.2 Å². The molecule has 0 aromatic carbocycles. The Morgan fingerprint density at radius 3 is 2.45 bits per heavy atom. The minimum Gasteiger partial charge on any atom is -0.355 e. The van der Waals surface area contributed by atoms with E-state index in [0.29, 0.717) is 12.0 Å². The van der Waals surface area contributed by atoms with E-state index in [1.165, 1.54) is 50.1 Å². The smallest absolute Gasteiger partial charge is 0.191 e. The van der Waals surface area contributed by atoms with Crippen LogP contribution in [0, 0.1) is 5.92 Å². The largest absolute Gasteiger partial charge is 0.355 e. The van der Waals surface area contributed by atoms with Crippen molar-refractivity contribution in [1.82, 2.24) is 20.4 Å². The molecule has 1 atom stereocenters. The molecule has 2 aliphatic rings. The molecular weight excluding hydrogens is 378 g/mol. The maximum absolute atomic E-state index is 4.54. The molecule has 1 saturated heterocycles. The molecule has 1 saturated carbocycles. The van der Waals surface area contributed by atoms with Gasteiger partial charge in [0.15, 0.2) is 5.96 Å². The molecule has 164 valence electrons. The fourth-order valence-corrected chi connectivity index (χ4v) is 5.92. The van der Waals surface area contributed by atoms with Crippen LogP contribution >= 0.6 is 11.3 Å². The van der Waals surface area contributed by atoms with E-state index >= 15 is 0 Å². The molecular formula is C23H41N5S. The minimum absolute atomic E-state index is 0.277. The van der Waals surface area contributed by atoms with Crippen molar-refractivity contribution < 1.29 is 0 Å². The summed E-state index contributed by atoms with van der Waals surface area (Å²) in [6.07, 6.45) is 6.62. The summed E-state index contributed by atoms with van der Waals surface area (Å²) in [4.78, 5) is 11.2. The van der Waals surface area contributed by atoms with Crippen LogP contribution in [0.15, 0.2) is 22.5 Å². The molecule has 0 amide bonds. The maximum Gasteiger partial charge on any atom is 0.191 e. The zero-order valence-electron chi connectivity index (χ0n) is 18.9. The Kier molecular flexibility index (Phi) is 8.39. The summed E-state index contributed by atoms with van der Waals surface area (Å²) in [5, 5.41) is 9.56. The molecule has 1 unspecified atom stereocenters. The highest BCUT2D eigenvalue weighted by Gasteiger charge is 2.35. The molecule has 1 aromatic rings. The Morgan fingerprint density at radius 2 is 1.86 bits per heavy atom. The predicted octanol–water partition coefficient (Wildman–Crippen LogP) is 3.39. The Bertz CT molecular complexity index is 613. The molecule has 2 heterocycles. The summed E-state index contributed by atoms with van der Waals surface area (Å²) in [6, 6.07) is 5.08. The molecule has 29 heavy (non-hydrogen) atoms. The van der Waals surface area contributed by atoms with Crippen molar-refractivity contribution in [1.29, 1.82) is 0 Å². The topological polar surface area (TPSA) is 42.9 Å². The molecule has 3 rings (SSSR count). The van der Waals surface area contributed by atoms with Gasteiger partial charge in [0.2, 0.25) is 0 Å². The van der Waals surface area contributed by atoms with E-state index in [4.69, 9.17) is 0 Å². The van der Waals surface area contributed by atoms with Crippen molar-refractivity contribution in [2.75, 3.05) is 53.4 Å². The lowest BCUT2D eigenvalue weighted by Crippen LogP contribution is -2.55. The molecule has 5 nitrogen and oxygen atoms in total. The molecule has 2 N–H and O–H groups in total. The number of hydrogen-bond acceptors (Lipinski definition) is 4. The summed E-state index contributed by atoms with van der Waals surface area (Å²) in [7, 11) is 4.12. The highest BCUT2D eigenvalue weighted by molar-refractivity contribution is 7.10. The van der Waals surface area contributed by atoms with E-state index in [9.17, 15) is 0 Å². The summed E-state index contributed by atoms with van der Waals surface area (Å²) >= 11 is 1.92. The summed E-state index contributed by atoms with van der Waals surface area (Å²) < 4.78 is 0. The predicted molar refractivity (Wildman–Crippen MR) is 126 cm³/mol. The lowest BCUT2D eigenvalue weighted by Gasteiger charge is -2.40. The van der Waals surface area contributed by atoms with Crippen LogP contribution in [0.3, 0.4) is 0 Å². The second-order valence-electron chi connectivity index (χ2n) is 9.28. The molecule has 6 heteroatoms. The van der Waals surface area contributed by atoms with Crippen molar-refractivity contribution in [3.8, 4) is 0 Å². The number of nitrogens with one attached hydrogen (secondary N) is 2. The van der Waals surface area contributed by atoms with Crippen LogP contribution in [0.25, 0.3) is 0 Å². The maximum atomic E-state index is 4.54. The first-order chi connectivity index (χ1) is 14.0. The van der Waals surface area contributed by atoms with Gasteiger partial charge in [-0.05, 0) is 37.3 Å². The number of nitrogens with zero attached hydrogens (tertiary/aromatic N) is 3. The van der Waals surface area contributed by atoms with Crippen molar-refractivity contribution in [3.63, 3.8) is 0 Å². The third-order valence-corrected chi connectivity index (χ3v) is 8.04. The molecule has 2 fully saturated rings. The summed E-state index contributed by atoms with van der Waals surface area (Å²) in [5.74, 6) is 1.58. The van der Waals surface area contributed by atoms with Crippen LogP contribution in [0.1, 0.15) is 50.8 Å². The van der Waals surface area contributed by atoms with Crippen molar-refractivity contribution in [2.45, 2.75) is 57.4 Å². The zero-order valence-corrected chi connectivity index (χ0v) is 19.7. The van der Waals surface area contributed by atoms with Gasteiger partial charge in [-0.15, -0.1) is 11.3 Å². The van der Waals surface area contributed by atoms with Gasteiger partial charge in [-0.3, -0.25) is 9.89 Å². The van der Waals surface area contributed by atoms with E-state index < -0.39 is 0 Å². The van der Waals surface area contributed by atoms with Crippen LogP contribution < -0.4 is 10.6 Å². The third kappa shape index (κ3) is 5.96. The average molecular weight is 420 g/mol. The van der Waals surface area contributed by atoms with Gasteiger partial charge >= 0.3 is 0 Å². The highest BCUT2D eigenvalue weighted by Crippen LogP contribution is 2.41. The van der Waals surface area contributed by atoms with E-state index in [0.717, 1.165) is 32.1 Å². The first-order valence-electron chi connectivity index (χ1n) is 11.5. The van der Waals surface area contributed by atoms with Crippen LogP contribution in [0.5, 0.6) is 0 Å². The SMILES string of the molecule is CN=C(NCC(C(C)C)N1CCN(C)CC1)NCC1(c2cccs2)CCCCC1. The first-order valence-corrected chi connectivity index (χ1v) is 12.3. The molecule has 0 bridgehead atoms. The monoisotopic (exact) mass is 419 g/mol. The van der Waals surface area contributed by atoms with Gasteiger partial charge in [0, 0.05) is 62.7 Å². The number of thiophene rings is 1. The van der Waals surface area contributed by atoms with E-state index in [1.54, 1.807) is 0 Å². The molecule has 0 spiro atoms. The molecule has 1 aliphatic heterocycles. The Hall–Kier alpha value is -1.11. The van der Waals surface area contributed by atoms with Crippen molar-refractivity contribution in [3.05, 3.63) is 22.4 Å². The quantitative estimate of drug-likeness (QED) is 0.525. The number of aliphatic imine (C=N–C) groups is 1. The first kappa shape index (κ1) is 22.6. The van der Waals surface area contributed by atoms with Crippen LogP contribution in [0.2, 0.25) is 0 Å². The van der Waals surface area contributed by atoms with Crippen LogP contribution in [-0.4, -0.2) is 75.2 Å². The van der Waals surface area contributed by atoms with E-state index in [2.05, 4.69) is 63.8 Å². The van der Waals surface area contributed by atoms with Gasteiger partial charge in [-0.2, -0.15) is 0 Å². The Balaban J connectivity index is 1.56. The second kappa shape index (κ2) is 10.8. The normalized spacial score (nSPS) is 22.6. The summed E-state index contributed by atoms with van der Waals surface area (Å²) in [5.41, 5.74) is 0.277. The fraction of sp³-hybridized carbons (Fsp3) is 0.783. The second-order valence-corrected chi connectivity index (χ2v) is 10.2. The zero-order chi connectivity index (χ0) is 20.7. The van der Waals surface area contributed by atoms with Gasteiger partial charge in [0.1, 0.15) is 0 Å². The van der Waals surface area contributed by atoms with E-state index in [-0.39, 0.29) is 5.41 Å². The van der Waals surface area contributed by atoms with Gasteiger partial charge in [-0.25, -0.2) is 0 Å². The van der Waals surface area contributed by atoms with Gasteiger partial charge < -0.3 is 15.5 Å². The number of hydrogen-bond donors (Lipinski definition) is 2. The van der Waals surface area contributed by atoms with Crippen molar-refractivity contribution >= 4 is 17.3 Å². The molecule has 0 radical (unpaired) electrons. The van der Waals surface area contributed by atoms with Crippen LogP contribution in [-0.2, 0) is 5.41 Å². The molecule has 1 aliphatic carbocycles. The number of guanidine groups is 1. The number of rotatable bonds is 7. The minimum atomic E-state index is 0.277. The Morgan fingerprint density at radius 1 is 1.14 bits per heavy atom. The average Bonchev–Trinajstić information content (AvgIpc) is 3.28. The fourth-order valence-electron chi connectivity index (χ4n) is 4.93. The van der Waals surface area contributed by atoms with Crippen LogP contribution in [0.4, 0.5) is 0 Å². The van der Waals surface area contributed by atoms with Gasteiger partial charge in [0.05, 0.1) is 0 Å². The number of piperazine rings is 1. The molecule has 1 aromatic heterocycles. The van der Waals surface area contributed by atoms with Gasteiger partial charge in [0.25, 0.3) is 0 Å². The lowest BCUT2D eigenvalue weighted by atomic mass is 9.73. The highest BCUT2D eigenvalue weighted by atomic mass is 32.1. The standard InChI is InChI=1S/C23H41N5S/c1-19(2)20(28-14-12-27(4)13-15-28)17-25-22(24-3)26-18-23(10-6-5-7-11-23)21-9-8-16-29-21/h8-9,16,19-20H,5-7,10-15,17-18H2,1-4H3,(H2,24,25,26). The van der Waals surface area contributed by atoms with Crippen molar-refractivity contribution in [2.24, 2.45) is 10.9 Å². The number of likely N-dealkylation sites (N-methyl/N-ethyl adjacent to an activating group) is 1.